The molecule has 0 aliphatic heterocycles. The topological polar surface area (TPSA) is 0 Å². The van der Waals surface area contributed by atoms with E-state index in [1.54, 1.807) is 0 Å². The average molecular weight is 266 g/mol. The van der Waals surface area contributed by atoms with E-state index in [2.05, 4.69) is 0 Å². The van der Waals surface area contributed by atoms with Gasteiger partial charge in [0.15, 0.2) is 0 Å². The predicted molar refractivity (Wildman–Crippen MR) is 11.7 cm³/mol. The third kappa shape index (κ3) is 33.7. The molecule has 0 spiro atoms. The Bertz CT molecular complexity index is 7.51. The molecule has 0 saturated carbocycles. The molecule has 0 fully saturated rings. The molecule has 0 rings (SSSR count). The zero-order chi connectivity index (χ0) is 2.71. The van der Waals surface area contributed by atoms with E-state index in [0.29, 0.717) is 12.7 Å². The average Bonchev–Trinajstić information content (AvgIpc) is 0.918. The summed E-state index contributed by atoms with van der Waals surface area (Å²) in [5, 5.41) is 0. The van der Waals surface area contributed by atoms with E-state index in [1.807, 2.05) is 0 Å². The molecule has 40 valence electrons. The zero-order valence-corrected chi connectivity index (χ0v) is 9.51. The third-order valence-corrected chi connectivity index (χ3v) is 0. The molecule has 6 heavy (non-hydrogen) atoms. The van der Waals surface area contributed by atoms with Crippen LogP contribution in [0.25, 0.3) is 0 Å². The van der Waals surface area contributed by atoms with Gasteiger partial charge in [0.1, 0.15) is 0 Å². The van der Waals surface area contributed by atoms with Crippen LogP contribution in [0.1, 0.15) is 0 Å². The monoisotopic (exact) mass is 262 g/mol. The molecular formula is Cl4NiZn. The summed E-state index contributed by atoms with van der Waals surface area (Å²) in [5.74, 6) is 0. The molecule has 0 saturated heterocycles. The Morgan fingerprint density at radius 2 is 1.00 bits per heavy atom. The largest absolute Gasteiger partial charge is 2.00 e. The fourth-order valence-corrected chi connectivity index (χ4v) is 0. The molecule has 0 heterocycles. The Hall–Kier alpha value is 2.28. The van der Waals surface area contributed by atoms with Gasteiger partial charge in [-0.2, -0.15) is 0 Å². The van der Waals surface area contributed by atoms with Crippen LogP contribution in [0, 0.1) is 0 Å². The molecule has 0 aliphatic rings. The van der Waals surface area contributed by atoms with Gasteiger partial charge in [-0.05, 0) is 0 Å². The number of hydrogen-bond acceptors (Lipinski definition) is 0. The van der Waals surface area contributed by atoms with Crippen molar-refractivity contribution >= 4 is 20.4 Å². The van der Waals surface area contributed by atoms with E-state index in [1.165, 1.54) is 0 Å². The Morgan fingerprint density at radius 1 is 1.00 bits per heavy atom. The quantitative estimate of drug-likeness (QED) is 0.387. The van der Waals surface area contributed by atoms with Crippen LogP contribution in [0.3, 0.4) is 0 Å². The first-order valence-corrected chi connectivity index (χ1v) is 2.96. The first kappa shape index (κ1) is 24.0. The van der Waals surface area contributed by atoms with Crippen LogP contribution in [0.15, 0.2) is 0 Å². The maximum atomic E-state index is 4.70. The van der Waals surface area contributed by atoms with Crippen molar-refractivity contribution < 1.29 is 56.9 Å². The predicted octanol–water partition coefficient (Wildman–Crippen LogP) is -4.62. The zero-order valence-electron chi connectivity index (χ0n) is 2.54. The fraction of sp³-hybridized carbons (Fsp3) is 0. The second-order valence-electron chi connectivity index (χ2n) is 0.0452. The van der Waals surface area contributed by atoms with Crippen LogP contribution < -0.4 is 24.8 Å². The van der Waals surface area contributed by atoms with Gasteiger partial charge in [0.05, 0.1) is 0 Å². The summed E-state index contributed by atoms with van der Waals surface area (Å²) in [7, 11) is 9.40. The molecule has 0 aromatic rings. The minimum Gasteiger partial charge on any atom is 2.00 e. The van der Waals surface area contributed by atoms with E-state index in [0.717, 1.165) is 0 Å². The second-order valence-corrected chi connectivity index (χ2v) is 1.68. The van der Waals surface area contributed by atoms with Crippen molar-refractivity contribution in [2.75, 3.05) is 0 Å². The van der Waals surface area contributed by atoms with Crippen molar-refractivity contribution in [3.63, 3.8) is 0 Å². The van der Waals surface area contributed by atoms with Crippen LogP contribution >= 0.6 is 20.4 Å². The summed E-state index contributed by atoms with van der Waals surface area (Å²) in [6.45, 7) is 0. The van der Waals surface area contributed by atoms with Gasteiger partial charge in [-0.1, -0.05) is 0 Å². The Balaban J connectivity index is -0.00000000667. The molecule has 0 radical (unpaired) electrons. The van der Waals surface area contributed by atoms with Crippen LogP contribution in [0.2, 0.25) is 0 Å². The van der Waals surface area contributed by atoms with Crippen molar-refractivity contribution in [1.29, 1.82) is 0 Å². The second kappa shape index (κ2) is 26.7. The van der Waals surface area contributed by atoms with Crippen LogP contribution in [-0.4, -0.2) is 0 Å². The smallest absolute Gasteiger partial charge is 2.00 e. The molecule has 0 bridgehead atoms. The molecule has 0 aliphatic carbocycles. The fourth-order valence-electron chi connectivity index (χ4n) is 0. The Morgan fingerprint density at radius 3 is 1.00 bits per heavy atom. The summed E-state index contributed by atoms with van der Waals surface area (Å²) in [4.78, 5) is 0. The van der Waals surface area contributed by atoms with Gasteiger partial charge in [0.25, 0.3) is 0 Å². The number of rotatable bonds is 0. The van der Waals surface area contributed by atoms with Gasteiger partial charge in [-0.25, -0.2) is 0 Å². The standard InChI is InChI=1S/4ClH.Ni.Zn/h4*1H;;/q;;;;2*+2/p-4. The summed E-state index contributed by atoms with van der Waals surface area (Å²) >= 11 is 0.569. The van der Waals surface area contributed by atoms with E-state index in [-0.39, 0.29) is 44.3 Å². The first-order valence-electron chi connectivity index (χ1n) is 0.239. The molecule has 0 unspecified atom stereocenters. The minimum absolute atomic E-state index is 0. The van der Waals surface area contributed by atoms with Crippen molar-refractivity contribution in [3.05, 3.63) is 0 Å². The SMILES string of the molecule is [Cl-].[Cl-].[Cl][Ni][Cl].[Zn+2]. The summed E-state index contributed by atoms with van der Waals surface area (Å²) < 4.78 is 0. The molecule has 0 N–H and O–H groups in total. The van der Waals surface area contributed by atoms with Crippen molar-refractivity contribution in [3.8, 4) is 0 Å². The van der Waals surface area contributed by atoms with E-state index >= 15 is 0 Å². The van der Waals surface area contributed by atoms with Gasteiger partial charge in [0.2, 0.25) is 0 Å². The molecule has 0 aromatic carbocycles. The molecule has 0 amide bonds. The van der Waals surface area contributed by atoms with E-state index in [9.17, 15) is 0 Å². The molecule has 6 heteroatoms. The molecular weight excluding hydrogens is 266 g/mol. The Kier molecular flexibility index (Phi) is 107. The maximum Gasteiger partial charge on any atom is 2.00 e. The number of halogens is 4. The van der Waals surface area contributed by atoms with Gasteiger partial charge < -0.3 is 24.8 Å². The van der Waals surface area contributed by atoms with Crippen LogP contribution in [-0.2, 0) is 32.1 Å². The van der Waals surface area contributed by atoms with Gasteiger partial charge in [0, 0.05) is 0 Å². The van der Waals surface area contributed by atoms with E-state index < -0.39 is 0 Å². The summed E-state index contributed by atoms with van der Waals surface area (Å²) in [5.41, 5.74) is 0. The summed E-state index contributed by atoms with van der Waals surface area (Å²) in [6, 6.07) is 0. The first-order chi connectivity index (χ1) is 1.41. The van der Waals surface area contributed by atoms with Crippen molar-refractivity contribution in [2.24, 2.45) is 0 Å². The van der Waals surface area contributed by atoms with Gasteiger partial charge in [-0.15, -0.1) is 0 Å². The number of hydrogen-bond donors (Lipinski definition) is 0. The van der Waals surface area contributed by atoms with Crippen molar-refractivity contribution in [1.82, 2.24) is 0 Å². The van der Waals surface area contributed by atoms with Gasteiger partial charge in [-0.3, -0.25) is 0 Å². The van der Waals surface area contributed by atoms with Crippen molar-refractivity contribution in [2.45, 2.75) is 0 Å². The van der Waals surface area contributed by atoms with E-state index in [4.69, 9.17) is 20.4 Å². The van der Waals surface area contributed by atoms with Gasteiger partial charge >= 0.3 is 52.5 Å². The molecule has 0 nitrogen and oxygen atoms in total. The summed E-state index contributed by atoms with van der Waals surface area (Å²) in [6.07, 6.45) is 0. The molecule has 0 atom stereocenters. The normalized spacial score (nSPS) is 3.67. The Labute approximate surface area is 76.6 Å². The van der Waals surface area contributed by atoms with Crippen LogP contribution in [0.4, 0.5) is 0 Å². The third-order valence-electron chi connectivity index (χ3n) is 0. The molecule has 0 aromatic heterocycles. The minimum atomic E-state index is 0. The van der Waals surface area contributed by atoms with Crippen LogP contribution in [0.5, 0.6) is 0 Å². The maximum absolute atomic E-state index is 4.70.